The van der Waals surface area contributed by atoms with Crippen LogP contribution in [0.2, 0.25) is 0 Å². The number of nitrogens with zero attached hydrogens (tertiary/aromatic N) is 1. The summed E-state index contributed by atoms with van der Waals surface area (Å²) in [5.41, 5.74) is 9.46. The highest BCUT2D eigenvalue weighted by Crippen LogP contribution is 2.20. The van der Waals surface area contributed by atoms with Gasteiger partial charge in [0.25, 0.3) is 0 Å². The van der Waals surface area contributed by atoms with Crippen LogP contribution < -0.4 is 32.3 Å². The SMILES string of the molecule is NC/C(=C\NCCCN1CCCC1)C1=CC2NC(NC(=O)NC3CCCC3)=CC=C2NC1. The summed E-state index contributed by atoms with van der Waals surface area (Å²) in [5.74, 6) is 0.715. The van der Waals surface area contributed by atoms with Crippen LogP contribution in [0.15, 0.2) is 47.1 Å². The molecular formula is C24H39N7O. The van der Waals surface area contributed by atoms with Crippen molar-refractivity contribution in [3.8, 4) is 0 Å². The molecule has 1 saturated heterocycles. The Kier molecular flexibility index (Phi) is 8.12. The van der Waals surface area contributed by atoms with Gasteiger partial charge in [0.2, 0.25) is 0 Å². The van der Waals surface area contributed by atoms with Gasteiger partial charge >= 0.3 is 6.03 Å². The van der Waals surface area contributed by atoms with Crippen LogP contribution in [-0.2, 0) is 0 Å². The maximum Gasteiger partial charge on any atom is 0.320 e. The number of nitrogens with two attached hydrogens (primary N) is 1. The van der Waals surface area contributed by atoms with Gasteiger partial charge in [-0.15, -0.1) is 0 Å². The third-order valence-corrected chi connectivity index (χ3v) is 6.77. The molecule has 2 fully saturated rings. The van der Waals surface area contributed by atoms with Crippen LogP contribution in [0, 0.1) is 0 Å². The average molecular weight is 442 g/mol. The number of dihydropyridines is 1. The molecule has 1 atom stereocenters. The molecule has 8 nitrogen and oxygen atoms in total. The second kappa shape index (κ2) is 11.4. The normalized spacial score (nSPS) is 24.0. The minimum atomic E-state index is -0.138. The fourth-order valence-electron chi connectivity index (χ4n) is 4.93. The van der Waals surface area contributed by atoms with Crippen molar-refractivity contribution in [2.45, 2.75) is 57.0 Å². The number of amides is 2. The maximum absolute atomic E-state index is 12.3. The molecule has 1 unspecified atom stereocenters. The molecule has 0 radical (unpaired) electrons. The lowest BCUT2D eigenvalue weighted by molar-refractivity contribution is 0.239. The highest BCUT2D eigenvalue weighted by Gasteiger charge is 2.24. The van der Waals surface area contributed by atoms with Crippen LogP contribution in [0.5, 0.6) is 0 Å². The number of allylic oxidation sites excluding steroid dienone is 2. The van der Waals surface area contributed by atoms with E-state index in [9.17, 15) is 4.79 Å². The maximum atomic E-state index is 12.3. The lowest BCUT2D eigenvalue weighted by atomic mass is 9.97. The van der Waals surface area contributed by atoms with Gasteiger partial charge in [-0.1, -0.05) is 18.9 Å². The van der Waals surface area contributed by atoms with Crippen LogP contribution in [0.25, 0.3) is 0 Å². The molecule has 3 aliphatic heterocycles. The van der Waals surface area contributed by atoms with Gasteiger partial charge in [-0.25, -0.2) is 4.79 Å². The zero-order chi connectivity index (χ0) is 22.2. The van der Waals surface area contributed by atoms with Crippen molar-refractivity contribution < 1.29 is 4.79 Å². The molecule has 0 spiro atoms. The first-order chi connectivity index (χ1) is 15.7. The summed E-state index contributed by atoms with van der Waals surface area (Å²) in [5, 5.41) is 16.4. The highest BCUT2D eigenvalue weighted by atomic mass is 16.2. The van der Waals surface area contributed by atoms with Gasteiger partial charge in [-0.2, -0.15) is 0 Å². The molecule has 0 bridgehead atoms. The largest absolute Gasteiger partial charge is 0.391 e. The quantitative estimate of drug-likeness (QED) is 0.302. The fourth-order valence-corrected chi connectivity index (χ4v) is 4.93. The van der Waals surface area contributed by atoms with Gasteiger partial charge in [-0.3, -0.25) is 5.32 Å². The van der Waals surface area contributed by atoms with Crippen molar-refractivity contribution >= 4 is 6.03 Å². The van der Waals surface area contributed by atoms with Gasteiger partial charge in [0, 0.05) is 37.6 Å². The molecule has 0 aromatic carbocycles. The van der Waals surface area contributed by atoms with Crippen molar-refractivity contribution in [3.05, 3.63) is 47.1 Å². The Morgan fingerprint density at radius 1 is 1.19 bits per heavy atom. The summed E-state index contributed by atoms with van der Waals surface area (Å²) < 4.78 is 0. The number of carbonyl (C=O) groups is 1. The van der Waals surface area contributed by atoms with Crippen molar-refractivity contribution in [1.29, 1.82) is 0 Å². The summed E-state index contributed by atoms with van der Waals surface area (Å²) >= 11 is 0. The Morgan fingerprint density at radius 2 is 2.00 bits per heavy atom. The van der Waals surface area contributed by atoms with Crippen LogP contribution >= 0.6 is 0 Å². The Bertz CT molecular complexity index is 773. The molecule has 4 aliphatic rings. The molecule has 8 heteroatoms. The second-order valence-electron chi connectivity index (χ2n) is 9.18. The monoisotopic (exact) mass is 441 g/mol. The standard InChI is InChI=1S/C24H39N7O/c25-15-19(16-26-10-5-13-31-11-3-4-12-31)18-14-22-21(27-17-18)8-9-23(29-22)30-24(32)28-20-6-1-2-7-20/h8-9,14,16,20,22,26-27,29H,1-7,10-13,15,17,25H2,(H2,28,30,32)/b19-16+. The van der Waals surface area contributed by atoms with E-state index in [1.807, 2.05) is 12.2 Å². The van der Waals surface area contributed by atoms with Gasteiger partial charge < -0.3 is 31.9 Å². The summed E-state index contributed by atoms with van der Waals surface area (Å²) in [6.45, 7) is 5.87. The van der Waals surface area contributed by atoms with E-state index >= 15 is 0 Å². The van der Waals surface area contributed by atoms with Crippen LogP contribution in [0.1, 0.15) is 44.9 Å². The molecule has 32 heavy (non-hydrogen) atoms. The first kappa shape index (κ1) is 22.7. The lowest BCUT2D eigenvalue weighted by Gasteiger charge is -2.31. The summed E-state index contributed by atoms with van der Waals surface area (Å²) in [4.78, 5) is 14.9. The van der Waals surface area contributed by atoms with Crippen LogP contribution in [0.3, 0.4) is 0 Å². The van der Waals surface area contributed by atoms with Crippen molar-refractivity contribution in [1.82, 2.24) is 31.5 Å². The third-order valence-electron chi connectivity index (χ3n) is 6.77. The van der Waals surface area contributed by atoms with Crippen molar-refractivity contribution in [3.63, 3.8) is 0 Å². The second-order valence-corrected chi connectivity index (χ2v) is 9.18. The first-order valence-corrected chi connectivity index (χ1v) is 12.3. The first-order valence-electron chi connectivity index (χ1n) is 12.3. The lowest BCUT2D eigenvalue weighted by Crippen LogP contribution is -2.48. The molecule has 0 aromatic rings. The Balaban J connectivity index is 1.26. The molecule has 3 heterocycles. The number of likely N-dealkylation sites (tertiary alicyclic amines) is 1. The van der Waals surface area contributed by atoms with Crippen LogP contribution in [0.4, 0.5) is 4.79 Å². The number of hydrogen-bond donors (Lipinski definition) is 6. The number of nitrogens with one attached hydrogen (secondary N) is 5. The van der Waals surface area contributed by atoms with E-state index in [0.29, 0.717) is 18.4 Å². The molecule has 4 rings (SSSR count). The average Bonchev–Trinajstić information content (AvgIpc) is 3.50. The van der Waals surface area contributed by atoms with Gasteiger partial charge in [0.1, 0.15) is 5.82 Å². The number of fused-ring (bicyclic) bond motifs is 1. The number of hydrogen-bond acceptors (Lipinski definition) is 6. The Labute approximate surface area is 191 Å². The third kappa shape index (κ3) is 6.29. The Hall–Kier alpha value is -2.45. The molecule has 7 N–H and O–H groups in total. The molecule has 0 aromatic heterocycles. The minimum absolute atomic E-state index is 0.00403. The van der Waals surface area contributed by atoms with Gasteiger partial charge in [-0.05, 0) is 75.0 Å². The molecule has 176 valence electrons. The molecule has 2 amide bonds. The predicted molar refractivity (Wildman–Crippen MR) is 129 cm³/mol. The summed E-state index contributed by atoms with van der Waals surface area (Å²) in [6.07, 6.45) is 16.6. The van der Waals surface area contributed by atoms with E-state index < -0.39 is 0 Å². The fraction of sp³-hybridized carbons (Fsp3) is 0.625. The Morgan fingerprint density at radius 3 is 2.78 bits per heavy atom. The number of rotatable bonds is 9. The summed E-state index contributed by atoms with van der Waals surface area (Å²) in [6, 6.07) is 0.157. The number of urea groups is 1. The van der Waals surface area contributed by atoms with Gasteiger partial charge in [0.15, 0.2) is 0 Å². The summed E-state index contributed by atoms with van der Waals surface area (Å²) in [7, 11) is 0. The number of carbonyl (C=O) groups excluding carboxylic acids is 1. The topological polar surface area (TPSA) is 106 Å². The highest BCUT2D eigenvalue weighted by molar-refractivity contribution is 5.76. The van der Waals surface area contributed by atoms with E-state index in [0.717, 1.165) is 43.6 Å². The molecule has 1 aliphatic carbocycles. The van der Waals surface area contributed by atoms with E-state index in [2.05, 4.69) is 43.8 Å². The van der Waals surface area contributed by atoms with Crippen molar-refractivity contribution in [2.24, 2.45) is 5.73 Å². The predicted octanol–water partition coefficient (Wildman–Crippen LogP) is 1.37. The van der Waals surface area contributed by atoms with E-state index in [4.69, 9.17) is 5.73 Å². The van der Waals surface area contributed by atoms with Crippen molar-refractivity contribution in [2.75, 3.05) is 39.3 Å². The van der Waals surface area contributed by atoms with Gasteiger partial charge in [0.05, 0.1) is 6.04 Å². The van der Waals surface area contributed by atoms with E-state index in [1.54, 1.807) is 0 Å². The molecule has 1 saturated carbocycles. The zero-order valence-electron chi connectivity index (χ0n) is 19.1. The smallest absolute Gasteiger partial charge is 0.320 e. The zero-order valence-corrected chi connectivity index (χ0v) is 19.1. The van der Waals surface area contributed by atoms with Crippen LogP contribution in [-0.4, -0.2) is 62.3 Å². The van der Waals surface area contributed by atoms with E-state index in [1.165, 1.54) is 50.9 Å². The van der Waals surface area contributed by atoms with E-state index in [-0.39, 0.29) is 12.1 Å². The molecular weight excluding hydrogens is 402 g/mol. The minimum Gasteiger partial charge on any atom is -0.391 e.